The van der Waals surface area contributed by atoms with E-state index in [1.807, 2.05) is 0 Å². The molecule has 0 aromatic heterocycles. The molecule has 0 saturated heterocycles. The summed E-state index contributed by atoms with van der Waals surface area (Å²) in [6.07, 6.45) is 5.76. The van der Waals surface area contributed by atoms with Gasteiger partial charge in [-0.3, -0.25) is 0 Å². The van der Waals surface area contributed by atoms with Crippen molar-refractivity contribution in [3.8, 4) is 0 Å². The highest BCUT2D eigenvalue weighted by atomic mass is 14.1. The molecule has 0 aliphatic carbocycles. The second-order valence-corrected chi connectivity index (χ2v) is 6.53. The van der Waals surface area contributed by atoms with Gasteiger partial charge in [0.2, 0.25) is 0 Å². The van der Waals surface area contributed by atoms with Gasteiger partial charge in [0.25, 0.3) is 0 Å². The van der Waals surface area contributed by atoms with Crippen molar-refractivity contribution in [1.29, 1.82) is 0 Å². The lowest BCUT2D eigenvalue weighted by atomic mass is 9.95. The van der Waals surface area contributed by atoms with Gasteiger partial charge < -0.3 is 0 Å². The fraction of sp³-hybridized carbons (Fsp3) is 0.250. The van der Waals surface area contributed by atoms with Crippen molar-refractivity contribution in [3.63, 3.8) is 0 Å². The van der Waals surface area contributed by atoms with Crippen molar-refractivity contribution >= 4 is 0 Å². The summed E-state index contributed by atoms with van der Waals surface area (Å²) in [7, 11) is 0. The van der Waals surface area contributed by atoms with Crippen LogP contribution in [0.4, 0.5) is 0 Å². The number of hydrogen-bond donors (Lipinski definition) is 0. The second-order valence-electron chi connectivity index (χ2n) is 6.53. The first kappa shape index (κ1) is 16.5. The van der Waals surface area contributed by atoms with Gasteiger partial charge in [-0.2, -0.15) is 0 Å². The van der Waals surface area contributed by atoms with Gasteiger partial charge in [0.15, 0.2) is 0 Å². The van der Waals surface area contributed by atoms with E-state index in [0.29, 0.717) is 0 Å². The Morgan fingerprint density at radius 2 is 1.08 bits per heavy atom. The van der Waals surface area contributed by atoms with E-state index in [1.54, 1.807) is 0 Å². The molecule has 0 spiro atoms. The number of rotatable bonds is 7. The van der Waals surface area contributed by atoms with Crippen LogP contribution in [0.3, 0.4) is 0 Å². The lowest BCUT2D eigenvalue weighted by molar-refractivity contribution is 0.788. The highest BCUT2D eigenvalue weighted by Gasteiger charge is 2.03. The normalized spacial score (nSPS) is 10.7. The van der Waals surface area contributed by atoms with Crippen molar-refractivity contribution in [1.82, 2.24) is 0 Å². The summed E-state index contributed by atoms with van der Waals surface area (Å²) in [6.45, 7) is 2.26. The predicted octanol–water partition coefficient (Wildman–Crippen LogP) is 6.21. The Labute approximate surface area is 146 Å². The molecule has 0 unspecified atom stereocenters. The standard InChI is InChI=1S/C24H26/c1-2-3-11-23-12-7-8-13-24(23)19-22-16-14-21(15-17-22)18-20-9-5-4-6-10-20/h4-10,12-17H,2-3,11,18-19H2,1H3. The molecular weight excluding hydrogens is 288 g/mol. The summed E-state index contributed by atoms with van der Waals surface area (Å²) in [6, 6.07) is 28.7. The van der Waals surface area contributed by atoms with Gasteiger partial charge in [0.1, 0.15) is 0 Å². The van der Waals surface area contributed by atoms with Crippen LogP contribution in [0.1, 0.15) is 47.6 Å². The van der Waals surface area contributed by atoms with Crippen molar-refractivity contribution < 1.29 is 0 Å². The zero-order chi connectivity index (χ0) is 16.6. The Morgan fingerprint density at radius 3 is 1.75 bits per heavy atom. The van der Waals surface area contributed by atoms with Crippen LogP contribution in [0.25, 0.3) is 0 Å². The van der Waals surface area contributed by atoms with Crippen molar-refractivity contribution in [3.05, 3.63) is 107 Å². The van der Waals surface area contributed by atoms with Crippen LogP contribution < -0.4 is 0 Å². The molecule has 0 aliphatic rings. The van der Waals surface area contributed by atoms with E-state index in [2.05, 4.69) is 85.8 Å². The fourth-order valence-corrected chi connectivity index (χ4v) is 3.17. The maximum absolute atomic E-state index is 2.29. The van der Waals surface area contributed by atoms with E-state index in [4.69, 9.17) is 0 Å². The maximum atomic E-state index is 2.29. The molecule has 0 saturated carbocycles. The molecule has 0 aliphatic heterocycles. The number of hydrogen-bond acceptors (Lipinski definition) is 0. The summed E-state index contributed by atoms with van der Waals surface area (Å²) >= 11 is 0. The lowest BCUT2D eigenvalue weighted by Crippen LogP contribution is -1.96. The number of aryl methyl sites for hydroxylation is 1. The Morgan fingerprint density at radius 1 is 0.542 bits per heavy atom. The maximum Gasteiger partial charge on any atom is -0.00230 e. The molecule has 24 heavy (non-hydrogen) atoms. The molecule has 0 fully saturated rings. The molecule has 0 atom stereocenters. The quantitative estimate of drug-likeness (QED) is 0.486. The first-order chi connectivity index (χ1) is 11.8. The van der Waals surface area contributed by atoms with Gasteiger partial charge in [-0.15, -0.1) is 0 Å². The van der Waals surface area contributed by atoms with Gasteiger partial charge in [-0.25, -0.2) is 0 Å². The first-order valence-corrected chi connectivity index (χ1v) is 9.03. The van der Waals surface area contributed by atoms with Gasteiger partial charge >= 0.3 is 0 Å². The molecule has 0 amide bonds. The van der Waals surface area contributed by atoms with Gasteiger partial charge in [0.05, 0.1) is 0 Å². The van der Waals surface area contributed by atoms with Gasteiger partial charge in [-0.1, -0.05) is 92.2 Å². The number of unbranched alkanes of at least 4 members (excludes halogenated alkanes) is 1. The molecule has 3 rings (SSSR count). The molecule has 3 aromatic carbocycles. The second kappa shape index (κ2) is 8.49. The Hall–Kier alpha value is -2.34. The van der Waals surface area contributed by atoms with E-state index >= 15 is 0 Å². The van der Waals surface area contributed by atoms with Crippen molar-refractivity contribution in [2.45, 2.75) is 39.0 Å². The number of benzene rings is 3. The van der Waals surface area contributed by atoms with Crippen LogP contribution >= 0.6 is 0 Å². The van der Waals surface area contributed by atoms with E-state index in [0.717, 1.165) is 12.8 Å². The zero-order valence-electron chi connectivity index (χ0n) is 14.5. The summed E-state index contributed by atoms with van der Waals surface area (Å²) in [5.41, 5.74) is 7.13. The van der Waals surface area contributed by atoms with E-state index in [1.165, 1.54) is 47.1 Å². The third-order valence-corrected chi connectivity index (χ3v) is 4.59. The lowest BCUT2D eigenvalue weighted by Gasteiger charge is -2.10. The molecule has 0 heteroatoms. The average Bonchev–Trinajstić information content (AvgIpc) is 2.63. The van der Waals surface area contributed by atoms with Gasteiger partial charge in [-0.05, 0) is 53.5 Å². The average molecular weight is 314 g/mol. The highest BCUT2D eigenvalue weighted by molar-refractivity contribution is 5.35. The van der Waals surface area contributed by atoms with Crippen LogP contribution in [0.15, 0.2) is 78.9 Å². The third kappa shape index (κ3) is 4.58. The molecule has 0 N–H and O–H groups in total. The SMILES string of the molecule is CCCCc1ccccc1Cc1ccc(Cc2ccccc2)cc1. The molecule has 122 valence electrons. The van der Waals surface area contributed by atoms with Crippen molar-refractivity contribution in [2.24, 2.45) is 0 Å². The summed E-state index contributed by atoms with van der Waals surface area (Å²) in [5, 5.41) is 0. The Balaban J connectivity index is 1.68. The minimum Gasteiger partial charge on any atom is -0.0654 e. The van der Waals surface area contributed by atoms with Crippen LogP contribution in [0.5, 0.6) is 0 Å². The summed E-state index contributed by atoms with van der Waals surface area (Å²) < 4.78 is 0. The van der Waals surface area contributed by atoms with E-state index in [-0.39, 0.29) is 0 Å². The minimum absolute atomic E-state index is 1.01. The predicted molar refractivity (Wildman–Crippen MR) is 104 cm³/mol. The van der Waals surface area contributed by atoms with Crippen LogP contribution in [-0.4, -0.2) is 0 Å². The Kier molecular flexibility index (Phi) is 5.85. The third-order valence-electron chi connectivity index (χ3n) is 4.59. The van der Waals surface area contributed by atoms with E-state index < -0.39 is 0 Å². The summed E-state index contributed by atoms with van der Waals surface area (Å²) in [4.78, 5) is 0. The van der Waals surface area contributed by atoms with Crippen LogP contribution in [0, 0.1) is 0 Å². The summed E-state index contributed by atoms with van der Waals surface area (Å²) in [5.74, 6) is 0. The molecule has 3 aromatic rings. The van der Waals surface area contributed by atoms with Crippen molar-refractivity contribution in [2.75, 3.05) is 0 Å². The van der Waals surface area contributed by atoms with Crippen LogP contribution in [0.2, 0.25) is 0 Å². The molecule has 0 radical (unpaired) electrons. The molecule has 0 bridgehead atoms. The van der Waals surface area contributed by atoms with Gasteiger partial charge in [0, 0.05) is 0 Å². The monoisotopic (exact) mass is 314 g/mol. The Bertz CT molecular complexity index is 739. The first-order valence-electron chi connectivity index (χ1n) is 9.03. The largest absolute Gasteiger partial charge is 0.0654 e. The fourth-order valence-electron chi connectivity index (χ4n) is 3.17. The molecule has 0 heterocycles. The smallest absolute Gasteiger partial charge is 0.00230 e. The minimum atomic E-state index is 1.01. The van der Waals surface area contributed by atoms with E-state index in [9.17, 15) is 0 Å². The molecular formula is C24H26. The highest BCUT2D eigenvalue weighted by Crippen LogP contribution is 2.18. The topological polar surface area (TPSA) is 0 Å². The zero-order valence-corrected chi connectivity index (χ0v) is 14.5. The van der Waals surface area contributed by atoms with Crippen LogP contribution in [-0.2, 0) is 19.3 Å². The molecule has 0 nitrogen and oxygen atoms in total.